The van der Waals surface area contributed by atoms with Crippen LogP contribution in [0.3, 0.4) is 0 Å². The van der Waals surface area contributed by atoms with Crippen LogP contribution in [-0.4, -0.2) is 23.5 Å². The fourth-order valence-corrected chi connectivity index (χ4v) is 2.11. The topological polar surface area (TPSA) is 66.4 Å². The summed E-state index contributed by atoms with van der Waals surface area (Å²) in [5, 5.41) is 12.0. The Kier molecular flexibility index (Phi) is 4.73. The van der Waals surface area contributed by atoms with Crippen molar-refractivity contribution in [2.24, 2.45) is 11.3 Å². The standard InChI is InChI=1S/C13H21NO3/c1-3-13(4-2,12(16)17)9-14-11(15)10-7-5-6-8-10/h5-6,10H,3-4,7-9H2,1-2H3,(H,14,15)(H,16,17). The molecule has 0 atom stereocenters. The van der Waals surface area contributed by atoms with Crippen LogP contribution in [0.1, 0.15) is 39.5 Å². The van der Waals surface area contributed by atoms with Gasteiger partial charge in [-0.1, -0.05) is 26.0 Å². The van der Waals surface area contributed by atoms with Crippen molar-refractivity contribution in [2.75, 3.05) is 6.54 Å². The third kappa shape index (κ3) is 3.08. The molecule has 0 bridgehead atoms. The van der Waals surface area contributed by atoms with Gasteiger partial charge >= 0.3 is 5.97 Å². The minimum absolute atomic E-state index is 0.00444. The molecule has 0 radical (unpaired) electrons. The summed E-state index contributed by atoms with van der Waals surface area (Å²) in [6, 6.07) is 0. The van der Waals surface area contributed by atoms with Gasteiger partial charge in [-0.05, 0) is 25.7 Å². The largest absolute Gasteiger partial charge is 0.481 e. The molecule has 2 N–H and O–H groups in total. The number of carboxylic acid groups (broad SMARTS) is 1. The normalized spacial score (nSPS) is 16.1. The number of carbonyl (C=O) groups excluding carboxylic acids is 1. The van der Waals surface area contributed by atoms with E-state index >= 15 is 0 Å². The summed E-state index contributed by atoms with van der Waals surface area (Å²) < 4.78 is 0. The van der Waals surface area contributed by atoms with Gasteiger partial charge in [0.15, 0.2) is 0 Å². The summed E-state index contributed by atoms with van der Waals surface area (Å²) >= 11 is 0. The first-order chi connectivity index (χ1) is 8.05. The minimum atomic E-state index is -0.827. The molecule has 0 aromatic rings. The maximum absolute atomic E-state index is 11.8. The molecule has 0 aromatic carbocycles. The molecule has 4 nitrogen and oxygen atoms in total. The van der Waals surface area contributed by atoms with Gasteiger partial charge in [0.2, 0.25) is 5.91 Å². The molecule has 0 aliphatic heterocycles. The van der Waals surface area contributed by atoms with Gasteiger partial charge in [0, 0.05) is 12.5 Å². The number of hydrogen-bond donors (Lipinski definition) is 2. The Morgan fingerprint density at radius 1 is 1.29 bits per heavy atom. The average molecular weight is 239 g/mol. The summed E-state index contributed by atoms with van der Waals surface area (Å²) in [5.41, 5.74) is -0.818. The number of nitrogens with one attached hydrogen (secondary N) is 1. The average Bonchev–Trinajstić information content (AvgIpc) is 2.84. The molecular weight excluding hydrogens is 218 g/mol. The van der Waals surface area contributed by atoms with Crippen LogP contribution in [0.2, 0.25) is 0 Å². The van der Waals surface area contributed by atoms with Gasteiger partial charge in [-0.3, -0.25) is 9.59 Å². The summed E-state index contributed by atoms with van der Waals surface area (Å²) in [5.74, 6) is -0.856. The zero-order chi connectivity index (χ0) is 12.9. The van der Waals surface area contributed by atoms with Crippen LogP contribution >= 0.6 is 0 Å². The summed E-state index contributed by atoms with van der Waals surface area (Å²) in [6.07, 6.45) is 6.58. The van der Waals surface area contributed by atoms with Crippen LogP contribution in [-0.2, 0) is 9.59 Å². The van der Waals surface area contributed by atoms with Crippen molar-refractivity contribution in [1.82, 2.24) is 5.32 Å². The van der Waals surface area contributed by atoms with Crippen molar-refractivity contribution in [3.63, 3.8) is 0 Å². The van der Waals surface area contributed by atoms with E-state index in [1.54, 1.807) is 0 Å². The Bertz CT molecular complexity index is 311. The molecule has 4 heteroatoms. The molecule has 0 spiro atoms. The third-order valence-corrected chi connectivity index (χ3v) is 3.79. The molecule has 96 valence electrons. The van der Waals surface area contributed by atoms with Gasteiger partial charge in [0.25, 0.3) is 0 Å². The van der Waals surface area contributed by atoms with Crippen LogP contribution < -0.4 is 5.32 Å². The Labute approximate surface area is 102 Å². The van der Waals surface area contributed by atoms with Crippen LogP contribution in [0, 0.1) is 11.3 Å². The van der Waals surface area contributed by atoms with E-state index in [0.29, 0.717) is 12.8 Å². The van der Waals surface area contributed by atoms with Gasteiger partial charge in [0.1, 0.15) is 0 Å². The summed E-state index contributed by atoms with van der Waals surface area (Å²) in [4.78, 5) is 23.1. The molecule has 1 aliphatic rings. The lowest BCUT2D eigenvalue weighted by atomic mass is 9.82. The van der Waals surface area contributed by atoms with Gasteiger partial charge in [-0.15, -0.1) is 0 Å². The number of hydrogen-bond acceptors (Lipinski definition) is 2. The second-order valence-electron chi connectivity index (χ2n) is 4.65. The Balaban J connectivity index is 2.52. The number of rotatable bonds is 6. The molecular formula is C13H21NO3. The highest BCUT2D eigenvalue weighted by atomic mass is 16.4. The molecule has 17 heavy (non-hydrogen) atoms. The van der Waals surface area contributed by atoms with E-state index in [-0.39, 0.29) is 18.4 Å². The number of aliphatic carboxylic acids is 1. The van der Waals surface area contributed by atoms with E-state index in [4.69, 9.17) is 0 Å². The van der Waals surface area contributed by atoms with Crippen LogP contribution in [0.15, 0.2) is 12.2 Å². The van der Waals surface area contributed by atoms with Crippen LogP contribution in [0.5, 0.6) is 0 Å². The minimum Gasteiger partial charge on any atom is -0.481 e. The zero-order valence-corrected chi connectivity index (χ0v) is 10.5. The van der Waals surface area contributed by atoms with Crippen molar-refractivity contribution >= 4 is 11.9 Å². The lowest BCUT2D eigenvalue weighted by Crippen LogP contribution is -2.43. The predicted molar refractivity (Wildman–Crippen MR) is 65.5 cm³/mol. The lowest BCUT2D eigenvalue weighted by Gasteiger charge is -2.27. The smallest absolute Gasteiger partial charge is 0.311 e. The van der Waals surface area contributed by atoms with Crippen molar-refractivity contribution < 1.29 is 14.7 Å². The fraction of sp³-hybridized carbons (Fsp3) is 0.692. The molecule has 0 heterocycles. The van der Waals surface area contributed by atoms with E-state index < -0.39 is 11.4 Å². The number of carbonyl (C=O) groups is 2. The fourth-order valence-electron chi connectivity index (χ4n) is 2.11. The van der Waals surface area contributed by atoms with E-state index in [9.17, 15) is 14.7 Å². The molecule has 0 aromatic heterocycles. The van der Waals surface area contributed by atoms with E-state index in [2.05, 4.69) is 5.32 Å². The SMILES string of the molecule is CCC(CC)(CNC(=O)C1CC=CC1)C(=O)O. The van der Waals surface area contributed by atoms with Gasteiger partial charge in [-0.2, -0.15) is 0 Å². The maximum Gasteiger partial charge on any atom is 0.311 e. The van der Waals surface area contributed by atoms with E-state index in [1.165, 1.54) is 0 Å². The van der Waals surface area contributed by atoms with Crippen LogP contribution in [0.4, 0.5) is 0 Å². The van der Waals surface area contributed by atoms with E-state index in [0.717, 1.165) is 12.8 Å². The van der Waals surface area contributed by atoms with E-state index in [1.807, 2.05) is 26.0 Å². The van der Waals surface area contributed by atoms with Crippen LogP contribution in [0.25, 0.3) is 0 Å². The van der Waals surface area contributed by atoms with Gasteiger partial charge in [0.05, 0.1) is 5.41 Å². The Hall–Kier alpha value is -1.32. The van der Waals surface area contributed by atoms with Crippen molar-refractivity contribution in [3.8, 4) is 0 Å². The molecule has 0 saturated carbocycles. The monoisotopic (exact) mass is 239 g/mol. The predicted octanol–water partition coefficient (Wildman–Crippen LogP) is 1.96. The first-order valence-electron chi connectivity index (χ1n) is 6.22. The molecule has 0 fully saturated rings. The number of carboxylic acids is 1. The van der Waals surface area contributed by atoms with Crippen molar-refractivity contribution in [3.05, 3.63) is 12.2 Å². The first-order valence-corrected chi connectivity index (χ1v) is 6.22. The molecule has 1 rings (SSSR count). The third-order valence-electron chi connectivity index (χ3n) is 3.79. The second kappa shape index (κ2) is 5.84. The van der Waals surface area contributed by atoms with Crippen molar-refractivity contribution in [2.45, 2.75) is 39.5 Å². The molecule has 1 aliphatic carbocycles. The highest BCUT2D eigenvalue weighted by Gasteiger charge is 2.35. The Morgan fingerprint density at radius 2 is 1.82 bits per heavy atom. The number of amides is 1. The molecule has 0 unspecified atom stereocenters. The quantitative estimate of drug-likeness (QED) is 0.696. The van der Waals surface area contributed by atoms with Crippen molar-refractivity contribution in [1.29, 1.82) is 0 Å². The molecule has 1 amide bonds. The summed E-state index contributed by atoms with van der Waals surface area (Å²) in [7, 11) is 0. The first kappa shape index (κ1) is 13.7. The maximum atomic E-state index is 11.8. The Morgan fingerprint density at radius 3 is 2.24 bits per heavy atom. The zero-order valence-electron chi connectivity index (χ0n) is 10.5. The van der Waals surface area contributed by atoms with Gasteiger partial charge < -0.3 is 10.4 Å². The molecule has 0 saturated heterocycles. The lowest BCUT2D eigenvalue weighted by molar-refractivity contribution is -0.149. The highest BCUT2D eigenvalue weighted by molar-refractivity contribution is 5.81. The van der Waals surface area contributed by atoms with Gasteiger partial charge in [-0.25, -0.2) is 0 Å². The second-order valence-corrected chi connectivity index (χ2v) is 4.65. The number of allylic oxidation sites excluding steroid dienone is 2. The summed E-state index contributed by atoms with van der Waals surface area (Å²) in [6.45, 7) is 3.92. The highest BCUT2D eigenvalue weighted by Crippen LogP contribution is 2.26.